The number of nitrogens with zero attached hydrogens (tertiary/aromatic N) is 2. The minimum absolute atomic E-state index is 0.0347. The summed E-state index contributed by atoms with van der Waals surface area (Å²) in [5, 5.41) is 11.6. The maximum absolute atomic E-state index is 12.7. The van der Waals surface area contributed by atoms with Crippen molar-refractivity contribution in [1.82, 2.24) is 5.32 Å². The maximum atomic E-state index is 12.7. The Hall–Kier alpha value is -2.84. The van der Waals surface area contributed by atoms with Gasteiger partial charge in [0, 0.05) is 24.3 Å². The minimum atomic E-state index is -0.265. The fourth-order valence-electron chi connectivity index (χ4n) is 3.84. The number of carbonyl (C=O) groups excluding carboxylic acids is 1. The van der Waals surface area contributed by atoms with Crippen LogP contribution in [0.3, 0.4) is 0 Å². The molecular weight excluding hydrogens is 362 g/mol. The Morgan fingerprint density at radius 1 is 1.17 bits per heavy atom. The number of anilines is 1. The predicted molar refractivity (Wildman–Crippen MR) is 116 cm³/mol. The van der Waals surface area contributed by atoms with Gasteiger partial charge in [0.15, 0.2) is 0 Å². The van der Waals surface area contributed by atoms with Gasteiger partial charge in [0.25, 0.3) is 0 Å². The first-order valence-electron chi connectivity index (χ1n) is 10.3. The van der Waals surface area contributed by atoms with E-state index in [1.54, 1.807) is 0 Å². The molecule has 2 aromatic rings. The molecule has 0 unspecified atom stereocenters. The second-order valence-electron chi connectivity index (χ2n) is 7.80. The van der Waals surface area contributed by atoms with Crippen LogP contribution in [0.2, 0.25) is 0 Å². The Morgan fingerprint density at radius 3 is 2.66 bits per heavy atom. The van der Waals surface area contributed by atoms with E-state index in [-0.39, 0.29) is 18.4 Å². The van der Waals surface area contributed by atoms with Gasteiger partial charge in [-0.05, 0) is 29.5 Å². The molecule has 1 heterocycles. The summed E-state index contributed by atoms with van der Waals surface area (Å²) in [5.74, 6) is 0.0230. The van der Waals surface area contributed by atoms with E-state index in [4.69, 9.17) is 10.00 Å². The largest absolute Gasteiger partial charge is 0.378 e. The lowest BCUT2D eigenvalue weighted by atomic mass is 9.87. The van der Waals surface area contributed by atoms with Crippen molar-refractivity contribution >= 4 is 11.6 Å². The fourth-order valence-corrected chi connectivity index (χ4v) is 3.84. The summed E-state index contributed by atoms with van der Waals surface area (Å²) in [6, 6.07) is 18.7. The molecule has 0 bridgehead atoms. The first-order valence-corrected chi connectivity index (χ1v) is 10.3. The fraction of sp³-hybridized carbons (Fsp3) is 0.417. The molecule has 0 radical (unpaired) electrons. The van der Waals surface area contributed by atoms with Gasteiger partial charge in [-0.3, -0.25) is 4.79 Å². The number of para-hydroxylation sites is 1. The topological polar surface area (TPSA) is 65.4 Å². The van der Waals surface area contributed by atoms with Gasteiger partial charge in [-0.25, -0.2) is 0 Å². The van der Waals surface area contributed by atoms with Crippen LogP contribution >= 0.6 is 0 Å². The van der Waals surface area contributed by atoms with Gasteiger partial charge >= 0.3 is 0 Å². The smallest absolute Gasteiger partial charge is 0.228 e. The average molecular weight is 392 g/mol. The number of amides is 1. The highest BCUT2D eigenvalue weighted by Gasteiger charge is 2.23. The highest BCUT2D eigenvalue weighted by molar-refractivity contribution is 5.85. The van der Waals surface area contributed by atoms with Crippen molar-refractivity contribution in [3.8, 4) is 17.2 Å². The van der Waals surface area contributed by atoms with E-state index < -0.39 is 0 Å². The summed E-state index contributed by atoms with van der Waals surface area (Å²) in [6.07, 6.45) is 0.742. The third kappa shape index (κ3) is 5.36. The normalized spacial score (nSPS) is 15.0. The van der Waals surface area contributed by atoms with Crippen LogP contribution in [0.5, 0.6) is 0 Å². The molecule has 0 aromatic heterocycles. The van der Waals surface area contributed by atoms with Gasteiger partial charge in [-0.2, -0.15) is 5.26 Å². The molecule has 1 saturated heterocycles. The second kappa shape index (κ2) is 10.1. The lowest BCUT2D eigenvalue weighted by Gasteiger charge is -2.30. The standard InChI is InChI=1S/C24H29N3O2/c1-18(2)16-22(24(28)26-11-10-25)20-7-5-6-19(17-20)21-8-3-4-9-23(21)27-12-14-29-15-13-27/h3-9,17-18,22H,11-16H2,1-2H3,(H,26,28)/t22-/m1/s1. The zero-order chi connectivity index (χ0) is 20.6. The zero-order valence-corrected chi connectivity index (χ0v) is 17.2. The summed E-state index contributed by atoms with van der Waals surface area (Å²) in [5.41, 5.74) is 4.45. The molecule has 1 N–H and O–H groups in total. The molecule has 1 aliphatic heterocycles. The van der Waals surface area contributed by atoms with Crippen molar-refractivity contribution in [3.63, 3.8) is 0 Å². The van der Waals surface area contributed by atoms with Crippen LogP contribution in [0.25, 0.3) is 11.1 Å². The third-order valence-electron chi connectivity index (χ3n) is 5.22. The van der Waals surface area contributed by atoms with E-state index in [1.165, 1.54) is 5.69 Å². The first kappa shape index (κ1) is 20.9. The number of carbonyl (C=O) groups is 1. The number of rotatable bonds is 7. The SMILES string of the molecule is CC(C)C[C@@H](C(=O)NCC#N)c1cccc(-c2ccccc2N2CCOCC2)c1. The number of ether oxygens (including phenoxy) is 1. The molecule has 1 atom stereocenters. The van der Waals surface area contributed by atoms with Gasteiger partial charge in [0.2, 0.25) is 5.91 Å². The number of morpholine rings is 1. The highest BCUT2D eigenvalue weighted by atomic mass is 16.5. The lowest BCUT2D eigenvalue weighted by Crippen LogP contribution is -2.36. The van der Waals surface area contributed by atoms with Crippen LogP contribution in [-0.2, 0) is 9.53 Å². The molecule has 2 aromatic carbocycles. The van der Waals surface area contributed by atoms with E-state index in [9.17, 15) is 4.79 Å². The summed E-state index contributed by atoms with van der Waals surface area (Å²) in [4.78, 5) is 15.1. The van der Waals surface area contributed by atoms with Gasteiger partial charge in [-0.15, -0.1) is 0 Å². The van der Waals surface area contributed by atoms with Crippen molar-refractivity contribution in [2.75, 3.05) is 37.7 Å². The molecule has 29 heavy (non-hydrogen) atoms. The second-order valence-corrected chi connectivity index (χ2v) is 7.80. The Balaban J connectivity index is 1.94. The van der Waals surface area contributed by atoms with Crippen molar-refractivity contribution in [3.05, 3.63) is 54.1 Å². The zero-order valence-electron chi connectivity index (χ0n) is 17.2. The summed E-state index contributed by atoms with van der Waals surface area (Å²) >= 11 is 0. The number of hydrogen-bond acceptors (Lipinski definition) is 4. The number of nitrogens with one attached hydrogen (secondary N) is 1. The van der Waals surface area contributed by atoms with Crippen molar-refractivity contribution < 1.29 is 9.53 Å². The minimum Gasteiger partial charge on any atom is -0.378 e. The number of nitriles is 1. The van der Waals surface area contributed by atoms with Crippen LogP contribution in [0.15, 0.2) is 48.5 Å². The summed E-state index contributed by atoms with van der Waals surface area (Å²) in [6.45, 7) is 7.50. The molecule has 0 aliphatic carbocycles. The van der Waals surface area contributed by atoms with Crippen LogP contribution in [0, 0.1) is 17.2 Å². The number of hydrogen-bond donors (Lipinski definition) is 1. The van der Waals surface area contributed by atoms with E-state index in [1.807, 2.05) is 18.2 Å². The molecule has 5 heteroatoms. The van der Waals surface area contributed by atoms with Crippen LogP contribution in [0.4, 0.5) is 5.69 Å². The Kier molecular flexibility index (Phi) is 7.26. The van der Waals surface area contributed by atoms with Gasteiger partial charge < -0.3 is 15.0 Å². The summed E-state index contributed by atoms with van der Waals surface area (Å²) in [7, 11) is 0. The van der Waals surface area contributed by atoms with E-state index in [2.05, 4.69) is 60.5 Å². The molecule has 0 saturated carbocycles. The highest BCUT2D eigenvalue weighted by Crippen LogP contribution is 2.34. The van der Waals surface area contributed by atoms with Crippen molar-refractivity contribution in [2.24, 2.45) is 5.92 Å². The predicted octanol–water partition coefficient (Wildman–Crippen LogP) is 3.96. The maximum Gasteiger partial charge on any atom is 0.228 e. The van der Waals surface area contributed by atoms with Crippen LogP contribution in [-0.4, -0.2) is 38.8 Å². The molecule has 1 fully saturated rings. The Bertz CT molecular complexity index is 866. The molecule has 1 amide bonds. The van der Waals surface area contributed by atoms with Gasteiger partial charge in [0.05, 0.1) is 25.2 Å². The molecule has 5 nitrogen and oxygen atoms in total. The Morgan fingerprint density at radius 2 is 1.93 bits per heavy atom. The molecular formula is C24H29N3O2. The van der Waals surface area contributed by atoms with Crippen LogP contribution < -0.4 is 10.2 Å². The molecule has 0 spiro atoms. The van der Waals surface area contributed by atoms with Crippen molar-refractivity contribution in [1.29, 1.82) is 5.26 Å². The molecule has 1 aliphatic rings. The monoisotopic (exact) mass is 391 g/mol. The van der Waals surface area contributed by atoms with Crippen LogP contribution in [0.1, 0.15) is 31.7 Å². The summed E-state index contributed by atoms with van der Waals surface area (Å²) < 4.78 is 5.50. The number of benzene rings is 2. The molecule has 152 valence electrons. The van der Waals surface area contributed by atoms with E-state index >= 15 is 0 Å². The first-order chi connectivity index (χ1) is 14.1. The lowest BCUT2D eigenvalue weighted by molar-refractivity contribution is -0.122. The quantitative estimate of drug-likeness (QED) is 0.726. The average Bonchev–Trinajstić information content (AvgIpc) is 2.76. The van der Waals surface area contributed by atoms with Crippen molar-refractivity contribution in [2.45, 2.75) is 26.2 Å². The molecule has 3 rings (SSSR count). The van der Waals surface area contributed by atoms with E-state index in [0.717, 1.165) is 49.4 Å². The van der Waals surface area contributed by atoms with Gasteiger partial charge in [-0.1, -0.05) is 56.3 Å². The third-order valence-corrected chi connectivity index (χ3v) is 5.22. The van der Waals surface area contributed by atoms with Gasteiger partial charge in [0.1, 0.15) is 6.54 Å². The van der Waals surface area contributed by atoms with E-state index in [0.29, 0.717) is 5.92 Å². The Labute approximate surface area is 173 Å².